The van der Waals surface area contributed by atoms with Crippen LogP contribution in [0.15, 0.2) is 18.2 Å². The largest absolute Gasteiger partial charge is 0.487 e. The minimum absolute atomic E-state index is 0.0279. The molecule has 1 aromatic rings. The van der Waals surface area contributed by atoms with Crippen LogP contribution in [-0.2, 0) is 10.9 Å². The van der Waals surface area contributed by atoms with E-state index in [4.69, 9.17) is 9.47 Å². The van der Waals surface area contributed by atoms with Crippen molar-refractivity contribution >= 4 is 6.09 Å². The van der Waals surface area contributed by atoms with Crippen molar-refractivity contribution in [1.82, 2.24) is 4.90 Å². The molecular formula is C18H22F3NO3. The molecule has 0 unspecified atom stereocenters. The standard InChI is InChI=1S/C18H22F3NO3/c1-17(2,3)25-16(23)22-9-13(10-22)24-12-6-7-15(18(19,20)21)14(8-12)11-4-5-11/h6-8,11,13H,4-5,9-10H2,1-3H3. The third kappa shape index (κ3) is 4.38. The highest BCUT2D eigenvalue weighted by Crippen LogP contribution is 2.47. The van der Waals surface area contributed by atoms with Crippen molar-refractivity contribution in [3.05, 3.63) is 29.3 Å². The van der Waals surface area contributed by atoms with Gasteiger partial charge in [0.15, 0.2) is 0 Å². The lowest BCUT2D eigenvalue weighted by Crippen LogP contribution is -2.57. The Kier molecular flexibility index (Phi) is 4.37. The summed E-state index contributed by atoms with van der Waals surface area (Å²) in [6.07, 6.45) is -3.42. The van der Waals surface area contributed by atoms with Crippen LogP contribution in [0.1, 0.15) is 50.7 Å². The van der Waals surface area contributed by atoms with E-state index in [0.29, 0.717) is 24.4 Å². The molecule has 1 aliphatic heterocycles. The summed E-state index contributed by atoms with van der Waals surface area (Å²) in [5.74, 6) is 0.392. The van der Waals surface area contributed by atoms with E-state index >= 15 is 0 Å². The van der Waals surface area contributed by atoms with Crippen LogP contribution < -0.4 is 4.74 Å². The van der Waals surface area contributed by atoms with Crippen LogP contribution in [0.25, 0.3) is 0 Å². The molecule has 0 radical (unpaired) electrons. The van der Waals surface area contributed by atoms with Crippen molar-refractivity contribution in [1.29, 1.82) is 0 Å². The van der Waals surface area contributed by atoms with E-state index in [1.807, 2.05) is 0 Å². The Labute approximate surface area is 144 Å². The first-order valence-electron chi connectivity index (χ1n) is 8.38. The van der Waals surface area contributed by atoms with Gasteiger partial charge in [-0.25, -0.2) is 4.79 Å². The van der Waals surface area contributed by atoms with Crippen LogP contribution in [-0.4, -0.2) is 35.8 Å². The topological polar surface area (TPSA) is 38.8 Å². The molecule has 25 heavy (non-hydrogen) atoms. The molecular weight excluding hydrogens is 335 g/mol. The Hall–Kier alpha value is -1.92. The molecule has 0 aromatic heterocycles. The maximum Gasteiger partial charge on any atom is 0.416 e. The van der Waals surface area contributed by atoms with Crippen LogP contribution in [0.3, 0.4) is 0 Å². The lowest BCUT2D eigenvalue weighted by atomic mass is 10.0. The summed E-state index contributed by atoms with van der Waals surface area (Å²) < 4.78 is 50.2. The van der Waals surface area contributed by atoms with Gasteiger partial charge in [0.1, 0.15) is 17.5 Å². The zero-order valence-corrected chi connectivity index (χ0v) is 14.5. The number of hydrogen-bond donors (Lipinski definition) is 0. The fourth-order valence-electron chi connectivity index (χ4n) is 2.79. The molecule has 1 saturated carbocycles. The monoisotopic (exact) mass is 357 g/mol. The molecule has 138 valence electrons. The molecule has 2 aliphatic rings. The number of alkyl halides is 3. The number of likely N-dealkylation sites (tertiary alicyclic amines) is 1. The van der Waals surface area contributed by atoms with Gasteiger partial charge in [0.2, 0.25) is 0 Å². The molecule has 1 amide bonds. The summed E-state index contributed by atoms with van der Waals surface area (Å²) in [5.41, 5.74) is -0.824. The third-order valence-corrected chi connectivity index (χ3v) is 4.15. The first-order valence-corrected chi connectivity index (χ1v) is 8.38. The van der Waals surface area contributed by atoms with Gasteiger partial charge >= 0.3 is 12.3 Å². The third-order valence-electron chi connectivity index (χ3n) is 4.15. The molecule has 0 spiro atoms. The highest BCUT2D eigenvalue weighted by molar-refractivity contribution is 5.69. The van der Waals surface area contributed by atoms with Crippen LogP contribution in [0.4, 0.5) is 18.0 Å². The zero-order chi connectivity index (χ0) is 18.4. The van der Waals surface area contributed by atoms with E-state index < -0.39 is 23.4 Å². The van der Waals surface area contributed by atoms with Crippen LogP contribution >= 0.6 is 0 Å². The molecule has 3 rings (SSSR count). The highest BCUT2D eigenvalue weighted by Gasteiger charge is 2.39. The predicted molar refractivity (Wildman–Crippen MR) is 85.6 cm³/mol. The number of rotatable bonds is 3. The van der Waals surface area contributed by atoms with E-state index in [-0.39, 0.29) is 12.0 Å². The van der Waals surface area contributed by atoms with E-state index in [1.54, 1.807) is 20.8 Å². The summed E-state index contributed by atoms with van der Waals surface area (Å²) >= 11 is 0. The molecule has 1 aliphatic carbocycles. The molecule has 7 heteroatoms. The molecule has 1 saturated heterocycles. The van der Waals surface area contributed by atoms with Gasteiger partial charge < -0.3 is 14.4 Å². The van der Waals surface area contributed by atoms with Gasteiger partial charge in [0.05, 0.1) is 18.7 Å². The number of nitrogens with zero attached hydrogens (tertiary/aromatic N) is 1. The van der Waals surface area contributed by atoms with Gasteiger partial charge in [0.25, 0.3) is 0 Å². The molecule has 1 heterocycles. The quantitative estimate of drug-likeness (QED) is 0.795. The minimum atomic E-state index is -4.35. The van der Waals surface area contributed by atoms with Gasteiger partial charge in [-0.15, -0.1) is 0 Å². The lowest BCUT2D eigenvalue weighted by molar-refractivity contribution is -0.138. The van der Waals surface area contributed by atoms with E-state index in [0.717, 1.165) is 18.9 Å². The second kappa shape index (κ2) is 6.11. The van der Waals surface area contributed by atoms with Gasteiger partial charge in [-0.3, -0.25) is 0 Å². The van der Waals surface area contributed by atoms with Crippen LogP contribution in [0.2, 0.25) is 0 Å². The average molecular weight is 357 g/mol. The fraction of sp³-hybridized carbons (Fsp3) is 0.611. The van der Waals surface area contributed by atoms with Crippen molar-refractivity contribution in [2.24, 2.45) is 0 Å². The van der Waals surface area contributed by atoms with Crippen LogP contribution in [0.5, 0.6) is 5.75 Å². The first kappa shape index (κ1) is 17.9. The Bertz CT molecular complexity index is 657. The smallest absolute Gasteiger partial charge is 0.416 e. The molecule has 0 N–H and O–H groups in total. The van der Waals surface area contributed by atoms with Crippen molar-refractivity contribution in [3.63, 3.8) is 0 Å². The van der Waals surface area contributed by atoms with E-state index in [2.05, 4.69) is 0 Å². The normalized spacial score (nSPS) is 18.7. The number of ether oxygens (including phenoxy) is 2. The Morgan fingerprint density at radius 1 is 1.16 bits per heavy atom. The number of amides is 1. The van der Waals surface area contributed by atoms with Crippen molar-refractivity contribution in [3.8, 4) is 5.75 Å². The Morgan fingerprint density at radius 2 is 1.80 bits per heavy atom. The molecule has 1 aromatic carbocycles. The minimum Gasteiger partial charge on any atom is -0.487 e. The first-order chi connectivity index (χ1) is 11.5. The van der Waals surface area contributed by atoms with Gasteiger partial charge in [-0.05, 0) is 63.3 Å². The molecule has 0 bridgehead atoms. The van der Waals surface area contributed by atoms with Gasteiger partial charge in [0, 0.05) is 0 Å². The summed E-state index contributed by atoms with van der Waals surface area (Å²) in [6, 6.07) is 3.94. The number of halogens is 3. The Balaban J connectivity index is 1.60. The summed E-state index contributed by atoms with van der Waals surface area (Å²) in [7, 11) is 0. The van der Waals surface area contributed by atoms with Crippen LogP contribution in [0, 0.1) is 0 Å². The van der Waals surface area contributed by atoms with E-state index in [1.165, 1.54) is 17.0 Å². The van der Waals surface area contributed by atoms with E-state index in [9.17, 15) is 18.0 Å². The van der Waals surface area contributed by atoms with Crippen molar-refractivity contribution in [2.75, 3.05) is 13.1 Å². The number of benzene rings is 1. The fourth-order valence-corrected chi connectivity index (χ4v) is 2.79. The second-order valence-corrected chi connectivity index (χ2v) is 7.65. The molecule has 4 nitrogen and oxygen atoms in total. The summed E-state index contributed by atoms with van der Waals surface area (Å²) in [4.78, 5) is 13.4. The number of carbonyl (C=O) groups is 1. The summed E-state index contributed by atoms with van der Waals surface area (Å²) in [5, 5.41) is 0. The predicted octanol–water partition coefficient (Wildman–Crippen LogP) is 4.58. The zero-order valence-electron chi connectivity index (χ0n) is 14.5. The second-order valence-electron chi connectivity index (χ2n) is 7.65. The summed E-state index contributed by atoms with van der Waals surface area (Å²) in [6.45, 7) is 6.12. The average Bonchev–Trinajstić information content (AvgIpc) is 3.23. The Morgan fingerprint density at radius 3 is 2.32 bits per heavy atom. The van der Waals surface area contributed by atoms with Crippen molar-refractivity contribution in [2.45, 2.75) is 57.4 Å². The maximum absolute atomic E-state index is 13.1. The lowest BCUT2D eigenvalue weighted by Gasteiger charge is -2.39. The van der Waals surface area contributed by atoms with Gasteiger partial charge in [-0.1, -0.05) is 0 Å². The molecule has 0 atom stereocenters. The SMILES string of the molecule is CC(C)(C)OC(=O)N1CC(Oc2ccc(C(F)(F)F)c(C3CC3)c2)C1. The maximum atomic E-state index is 13.1. The molecule has 2 fully saturated rings. The van der Waals surface area contributed by atoms with Crippen molar-refractivity contribution < 1.29 is 27.4 Å². The number of carbonyl (C=O) groups excluding carboxylic acids is 1. The number of hydrogen-bond acceptors (Lipinski definition) is 3. The van der Waals surface area contributed by atoms with Gasteiger partial charge in [-0.2, -0.15) is 13.2 Å². The highest BCUT2D eigenvalue weighted by atomic mass is 19.4.